The van der Waals surface area contributed by atoms with Gasteiger partial charge in [0.25, 0.3) is 0 Å². The van der Waals surface area contributed by atoms with Gasteiger partial charge in [0.1, 0.15) is 0 Å². The number of aromatic carboxylic acids is 1. The number of rotatable bonds is 3. The Kier molecular flexibility index (Phi) is 3.84. The van der Waals surface area contributed by atoms with E-state index >= 15 is 0 Å². The first kappa shape index (κ1) is 14.8. The van der Waals surface area contributed by atoms with E-state index in [0.717, 1.165) is 12.1 Å². The summed E-state index contributed by atoms with van der Waals surface area (Å²) in [5, 5.41) is 8.92. The van der Waals surface area contributed by atoms with Gasteiger partial charge < -0.3 is 9.84 Å². The van der Waals surface area contributed by atoms with Crippen LogP contribution in [0.2, 0.25) is 0 Å². The Balaban J connectivity index is 2.50. The van der Waals surface area contributed by atoms with Gasteiger partial charge in [-0.15, -0.1) is 0 Å². The molecular weight excluding hydrogens is 287 g/mol. The van der Waals surface area contributed by atoms with Crippen LogP contribution in [-0.2, 0) is 6.18 Å². The van der Waals surface area contributed by atoms with Crippen molar-refractivity contribution in [3.63, 3.8) is 0 Å². The van der Waals surface area contributed by atoms with Crippen LogP contribution in [-0.4, -0.2) is 23.2 Å². The Hall–Kier alpha value is -2.57. The van der Waals surface area contributed by atoms with Crippen molar-refractivity contribution in [1.82, 2.24) is 4.98 Å². The van der Waals surface area contributed by atoms with E-state index in [4.69, 9.17) is 9.84 Å². The summed E-state index contributed by atoms with van der Waals surface area (Å²) in [5.41, 5.74) is -0.481. The number of hydrogen-bond acceptors (Lipinski definition) is 3. The summed E-state index contributed by atoms with van der Waals surface area (Å²) < 4.78 is 42.9. The molecule has 0 unspecified atom stereocenters. The number of carboxylic acids is 1. The molecule has 7 heteroatoms. The molecule has 0 amide bonds. The second kappa shape index (κ2) is 5.43. The van der Waals surface area contributed by atoms with Gasteiger partial charge in [-0.1, -0.05) is 12.1 Å². The zero-order chi connectivity index (χ0) is 15.6. The number of aromatic nitrogens is 1. The first-order valence-corrected chi connectivity index (χ1v) is 5.78. The maximum atomic E-state index is 12.7. The predicted octanol–water partition coefficient (Wildman–Crippen LogP) is 3.47. The van der Waals surface area contributed by atoms with E-state index in [1.807, 2.05) is 0 Å². The van der Waals surface area contributed by atoms with Crippen molar-refractivity contribution in [2.45, 2.75) is 6.18 Å². The van der Waals surface area contributed by atoms with E-state index in [2.05, 4.69) is 4.98 Å². The summed E-state index contributed by atoms with van der Waals surface area (Å²) in [7, 11) is 1.26. The number of nitrogens with zero attached hydrogens (tertiary/aromatic N) is 1. The monoisotopic (exact) mass is 297 g/mol. The molecule has 1 heterocycles. The minimum Gasteiger partial charge on any atom is -0.494 e. The molecule has 110 valence electrons. The van der Waals surface area contributed by atoms with E-state index in [9.17, 15) is 18.0 Å². The van der Waals surface area contributed by atoms with Crippen LogP contribution in [0.4, 0.5) is 13.2 Å². The average molecular weight is 297 g/mol. The molecule has 0 aliphatic rings. The Morgan fingerprint density at radius 1 is 1.24 bits per heavy atom. The first-order chi connectivity index (χ1) is 9.82. The molecule has 0 saturated carbocycles. The summed E-state index contributed by atoms with van der Waals surface area (Å²) >= 11 is 0. The third kappa shape index (κ3) is 3.13. The second-order valence-corrected chi connectivity index (χ2v) is 4.16. The summed E-state index contributed by atoms with van der Waals surface area (Å²) in [6.45, 7) is 0. The molecule has 0 aliphatic carbocycles. The Bertz CT molecular complexity index is 683. The zero-order valence-electron chi connectivity index (χ0n) is 10.8. The fourth-order valence-electron chi connectivity index (χ4n) is 1.79. The first-order valence-electron chi connectivity index (χ1n) is 5.78. The van der Waals surface area contributed by atoms with Gasteiger partial charge in [0, 0.05) is 11.8 Å². The summed E-state index contributed by atoms with van der Waals surface area (Å²) in [6, 6.07) is 6.02. The number of benzene rings is 1. The van der Waals surface area contributed by atoms with Crippen LogP contribution in [0.15, 0.2) is 36.5 Å². The molecule has 21 heavy (non-hydrogen) atoms. The molecule has 1 aromatic heterocycles. The molecule has 0 radical (unpaired) electrons. The highest BCUT2D eigenvalue weighted by molar-refractivity contribution is 5.89. The quantitative estimate of drug-likeness (QED) is 0.942. The fraction of sp³-hybridized carbons (Fsp3) is 0.143. The highest BCUT2D eigenvalue weighted by Crippen LogP contribution is 2.33. The highest BCUT2D eigenvalue weighted by Gasteiger charge is 2.30. The van der Waals surface area contributed by atoms with E-state index in [1.54, 1.807) is 0 Å². The molecule has 0 spiro atoms. The number of hydrogen-bond donors (Lipinski definition) is 1. The largest absolute Gasteiger partial charge is 0.494 e. The SMILES string of the molecule is COc1cc(-c2cccc(C(F)(F)F)c2)cnc1C(=O)O. The van der Waals surface area contributed by atoms with Gasteiger partial charge in [-0.25, -0.2) is 9.78 Å². The van der Waals surface area contributed by atoms with Gasteiger partial charge >= 0.3 is 12.1 Å². The van der Waals surface area contributed by atoms with Gasteiger partial charge in [0.05, 0.1) is 12.7 Å². The minimum atomic E-state index is -4.45. The Morgan fingerprint density at radius 3 is 2.52 bits per heavy atom. The lowest BCUT2D eigenvalue weighted by molar-refractivity contribution is -0.137. The minimum absolute atomic E-state index is 0.0163. The maximum Gasteiger partial charge on any atom is 0.416 e. The topological polar surface area (TPSA) is 59.4 Å². The molecular formula is C14H10F3NO3. The predicted molar refractivity (Wildman–Crippen MR) is 68.2 cm³/mol. The van der Waals surface area contributed by atoms with Crippen LogP contribution >= 0.6 is 0 Å². The van der Waals surface area contributed by atoms with Gasteiger partial charge in [-0.2, -0.15) is 13.2 Å². The molecule has 4 nitrogen and oxygen atoms in total. The van der Waals surface area contributed by atoms with E-state index in [1.165, 1.54) is 31.5 Å². The molecule has 0 fully saturated rings. The zero-order valence-corrected chi connectivity index (χ0v) is 10.8. The third-order valence-electron chi connectivity index (χ3n) is 2.80. The van der Waals surface area contributed by atoms with Gasteiger partial charge in [0.2, 0.25) is 0 Å². The van der Waals surface area contributed by atoms with Crippen LogP contribution in [0.25, 0.3) is 11.1 Å². The number of alkyl halides is 3. The van der Waals surface area contributed by atoms with Crippen LogP contribution in [0.1, 0.15) is 16.1 Å². The van der Waals surface area contributed by atoms with Crippen LogP contribution in [0.5, 0.6) is 5.75 Å². The van der Waals surface area contributed by atoms with Gasteiger partial charge in [-0.05, 0) is 23.8 Å². The average Bonchev–Trinajstić information content (AvgIpc) is 2.45. The second-order valence-electron chi connectivity index (χ2n) is 4.16. The number of carboxylic acid groups (broad SMARTS) is 1. The number of methoxy groups -OCH3 is 1. The smallest absolute Gasteiger partial charge is 0.416 e. The molecule has 0 saturated heterocycles. The molecule has 2 aromatic rings. The summed E-state index contributed by atoms with van der Waals surface area (Å²) in [5.74, 6) is -1.29. The number of halogens is 3. The highest BCUT2D eigenvalue weighted by atomic mass is 19.4. The summed E-state index contributed by atoms with van der Waals surface area (Å²) in [6.07, 6.45) is -3.25. The van der Waals surface area contributed by atoms with Crippen molar-refractivity contribution in [3.8, 4) is 16.9 Å². The van der Waals surface area contributed by atoms with Crippen LogP contribution in [0.3, 0.4) is 0 Å². The number of pyridine rings is 1. The fourth-order valence-corrected chi connectivity index (χ4v) is 1.79. The standard InChI is InChI=1S/C14H10F3NO3/c1-21-11-6-9(7-18-12(11)13(19)20)8-3-2-4-10(5-8)14(15,16)17/h2-7H,1H3,(H,19,20). The molecule has 0 atom stereocenters. The number of ether oxygens (including phenoxy) is 1. The Morgan fingerprint density at radius 2 is 1.95 bits per heavy atom. The molecule has 2 rings (SSSR count). The van der Waals surface area contributed by atoms with Crippen molar-refractivity contribution in [3.05, 3.63) is 47.8 Å². The lowest BCUT2D eigenvalue weighted by Crippen LogP contribution is -2.05. The summed E-state index contributed by atoms with van der Waals surface area (Å²) in [4.78, 5) is 14.6. The van der Waals surface area contributed by atoms with E-state index in [0.29, 0.717) is 5.56 Å². The molecule has 1 aromatic carbocycles. The van der Waals surface area contributed by atoms with Crippen LogP contribution < -0.4 is 4.74 Å². The van der Waals surface area contributed by atoms with Crippen molar-refractivity contribution in [1.29, 1.82) is 0 Å². The van der Waals surface area contributed by atoms with Gasteiger partial charge in [-0.3, -0.25) is 0 Å². The van der Waals surface area contributed by atoms with Gasteiger partial charge in [0.15, 0.2) is 11.4 Å². The van der Waals surface area contributed by atoms with E-state index < -0.39 is 17.7 Å². The maximum absolute atomic E-state index is 12.7. The Labute approximate surface area is 117 Å². The molecule has 1 N–H and O–H groups in total. The molecule has 0 bridgehead atoms. The molecule has 0 aliphatic heterocycles. The van der Waals surface area contributed by atoms with Crippen molar-refractivity contribution in [2.75, 3.05) is 7.11 Å². The lowest BCUT2D eigenvalue weighted by Gasteiger charge is -2.10. The van der Waals surface area contributed by atoms with E-state index in [-0.39, 0.29) is 17.0 Å². The van der Waals surface area contributed by atoms with Crippen molar-refractivity contribution < 1.29 is 27.8 Å². The lowest BCUT2D eigenvalue weighted by atomic mass is 10.0. The number of carbonyl (C=O) groups is 1. The van der Waals surface area contributed by atoms with Crippen LogP contribution in [0, 0.1) is 0 Å². The van der Waals surface area contributed by atoms with Crippen molar-refractivity contribution >= 4 is 5.97 Å². The van der Waals surface area contributed by atoms with Crippen molar-refractivity contribution in [2.24, 2.45) is 0 Å². The normalized spacial score (nSPS) is 11.2. The third-order valence-corrected chi connectivity index (χ3v) is 2.80.